The molecule has 0 fully saturated rings. The second kappa shape index (κ2) is 8.96. The average Bonchev–Trinajstić information content (AvgIpc) is 2.44. The molecule has 1 N–H and O–H groups in total. The fraction of sp³-hybridized carbons (Fsp3) is 0.647. The van der Waals surface area contributed by atoms with Gasteiger partial charge in [-0.15, -0.1) is 0 Å². The Labute approximate surface area is 123 Å². The molecule has 1 atom stereocenters. The van der Waals surface area contributed by atoms with Gasteiger partial charge in [-0.05, 0) is 50.1 Å². The summed E-state index contributed by atoms with van der Waals surface area (Å²) in [5, 5.41) is 3.44. The van der Waals surface area contributed by atoms with E-state index >= 15 is 0 Å². The first-order valence-corrected chi connectivity index (χ1v) is 7.84. The van der Waals surface area contributed by atoms with Crippen molar-refractivity contribution < 1.29 is 4.39 Å². The normalized spacial score (nSPS) is 12.4. The minimum Gasteiger partial charge on any atom is -0.374 e. The van der Waals surface area contributed by atoms with Crippen molar-refractivity contribution in [3.05, 3.63) is 29.6 Å². The Morgan fingerprint density at radius 3 is 2.60 bits per heavy atom. The predicted molar refractivity (Wildman–Crippen MR) is 85.9 cm³/mol. The zero-order valence-corrected chi connectivity index (χ0v) is 13.4. The third kappa shape index (κ3) is 5.12. The molecule has 20 heavy (non-hydrogen) atoms. The molecule has 0 spiro atoms. The van der Waals surface area contributed by atoms with E-state index in [1.807, 2.05) is 6.07 Å². The summed E-state index contributed by atoms with van der Waals surface area (Å²) in [5.74, 6) is -0.157. The third-order valence-electron chi connectivity index (χ3n) is 3.66. The quantitative estimate of drug-likeness (QED) is 0.669. The topological polar surface area (TPSA) is 15.3 Å². The number of unbranched alkanes of at least 4 members (excludes halogenated alkanes) is 2. The first kappa shape index (κ1) is 17.0. The predicted octanol–water partition coefficient (Wildman–Crippen LogP) is 4.51. The zero-order valence-electron chi connectivity index (χ0n) is 13.4. The highest BCUT2D eigenvalue weighted by molar-refractivity contribution is 5.54. The first-order chi connectivity index (χ1) is 9.60. The lowest BCUT2D eigenvalue weighted by Crippen LogP contribution is -2.25. The number of anilines is 1. The van der Waals surface area contributed by atoms with Gasteiger partial charge in [0.25, 0.3) is 0 Å². The van der Waals surface area contributed by atoms with E-state index in [9.17, 15) is 4.39 Å². The van der Waals surface area contributed by atoms with Crippen molar-refractivity contribution in [2.45, 2.75) is 52.5 Å². The lowest BCUT2D eigenvalue weighted by atomic mass is 10.0. The van der Waals surface area contributed by atoms with Crippen LogP contribution in [0.1, 0.15) is 58.1 Å². The van der Waals surface area contributed by atoms with Gasteiger partial charge in [-0.1, -0.05) is 26.7 Å². The fourth-order valence-corrected chi connectivity index (χ4v) is 2.41. The Bertz CT molecular complexity index is 393. The Morgan fingerprint density at radius 1 is 1.20 bits per heavy atom. The molecule has 114 valence electrons. The van der Waals surface area contributed by atoms with E-state index in [1.165, 1.54) is 19.3 Å². The van der Waals surface area contributed by atoms with Crippen LogP contribution in [0.25, 0.3) is 0 Å². The highest BCUT2D eigenvalue weighted by Gasteiger charge is 2.14. The molecule has 1 aromatic rings. The maximum absolute atomic E-state index is 13.6. The summed E-state index contributed by atoms with van der Waals surface area (Å²) in [6, 6.07) is 5.30. The second-order valence-electron chi connectivity index (χ2n) is 5.51. The highest BCUT2D eigenvalue weighted by atomic mass is 19.1. The van der Waals surface area contributed by atoms with Gasteiger partial charge in [0.1, 0.15) is 5.82 Å². The molecular formula is C17H29FN2. The minimum atomic E-state index is -0.157. The van der Waals surface area contributed by atoms with Crippen molar-refractivity contribution >= 4 is 5.69 Å². The maximum atomic E-state index is 13.6. The van der Waals surface area contributed by atoms with Crippen LogP contribution in [0.4, 0.5) is 10.1 Å². The summed E-state index contributed by atoms with van der Waals surface area (Å²) in [4.78, 5) is 2.24. The third-order valence-corrected chi connectivity index (χ3v) is 3.66. The molecule has 3 heteroatoms. The van der Waals surface area contributed by atoms with Crippen LogP contribution in [0, 0.1) is 5.82 Å². The summed E-state index contributed by atoms with van der Waals surface area (Å²) >= 11 is 0. The van der Waals surface area contributed by atoms with E-state index in [-0.39, 0.29) is 11.9 Å². The second-order valence-corrected chi connectivity index (χ2v) is 5.51. The van der Waals surface area contributed by atoms with Crippen LogP contribution in [0.15, 0.2) is 18.2 Å². The van der Waals surface area contributed by atoms with E-state index in [0.29, 0.717) is 0 Å². The van der Waals surface area contributed by atoms with Gasteiger partial charge in [-0.25, -0.2) is 4.39 Å². The van der Waals surface area contributed by atoms with Crippen molar-refractivity contribution in [1.82, 2.24) is 5.32 Å². The molecule has 0 bridgehead atoms. The molecule has 0 amide bonds. The van der Waals surface area contributed by atoms with E-state index in [2.05, 4.69) is 38.0 Å². The number of hydrogen-bond donors (Lipinski definition) is 1. The van der Waals surface area contributed by atoms with Gasteiger partial charge in [0.15, 0.2) is 0 Å². The van der Waals surface area contributed by atoms with Gasteiger partial charge in [0, 0.05) is 25.3 Å². The smallest absolute Gasteiger partial charge is 0.123 e. The molecule has 0 aliphatic rings. The Kier molecular flexibility index (Phi) is 7.60. The van der Waals surface area contributed by atoms with E-state index in [4.69, 9.17) is 0 Å². The van der Waals surface area contributed by atoms with Gasteiger partial charge in [-0.3, -0.25) is 0 Å². The molecule has 0 aromatic heterocycles. The molecule has 1 unspecified atom stereocenters. The largest absolute Gasteiger partial charge is 0.374 e. The number of benzene rings is 1. The first-order valence-electron chi connectivity index (χ1n) is 7.84. The van der Waals surface area contributed by atoms with Crippen molar-refractivity contribution in [3.63, 3.8) is 0 Å². The molecule has 0 aliphatic carbocycles. The van der Waals surface area contributed by atoms with Gasteiger partial charge in [-0.2, -0.15) is 0 Å². The number of hydrogen-bond acceptors (Lipinski definition) is 2. The summed E-state index contributed by atoms with van der Waals surface area (Å²) in [6.45, 7) is 8.43. The molecule has 1 rings (SSSR count). The number of rotatable bonds is 9. The lowest BCUT2D eigenvalue weighted by Gasteiger charge is -2.26. The minimum absolute atomic E-state index is 0.157. The molecule has 0 saturated heterocycles. The van der Waals surface area contributed by atoms with Crippen LogP contribution in [0.5, 0.6) is 0 Å². The van der Waals surface area contributed by atoms with Crippen molar-refractivity contribution in [3.8, 4) is 0 Å². The molecule has 0 heterocycles. The molecule has 2 nitrogen and oxygen atoms in total. The van der Waals surface area contributed by atoms with E-state index in [1.54, 1.807) is 12.1 Å². The zero-order chi connectivity index (χ0) is 15.0. The van der Waals surface area contributed by atoms with Crippen molar-refractivity contribution in [2.75, 3.05) is 25.0 Å². The summed E-state index contributed by atoms with van der Waals surface area (Å²) in [7, 11) is 2.10. The van der Waals surface area contributed by atoms with Crippen LogP contribution in [0.2, 0.25) is 0 Å². The Morgan fingerprint density at radius 2 is 1.95 bits per heavy atom. The average molecular weight is 280 g/mol. The fourth-order valence-electron chi connectivity index (χ4n) is 2.41. The van der Waals surface area contributed by atoms with Gasteiger partial charge >= 0.3 is 0 Å². The van der Waals surface area contributed by atoms with E-state index < -0.39 is 0 Å². The Hall–Kier alpha value is -1.09. The maximum Gasteiger partial charge on any atom is 0.123 e. The van der Waals surface area contributed by atoms with Crippen LogP contribution in [-0.4, -0.2) is 20.1 Å². The van der Waals surface area contributed by atoms with Crippen LogP contribution < -0.4 is 10.2 Å². The highest BCUT2D eigenvalue weighted by Crippen LogP contribution is 2.27. The number of halogens is 1. The summed E-state index contributed by atoms with van der Waals surface area (Å²) in [6.07, 6.45) is 4.73. The Balaban J connectivity index is 2.83. The van der Waals surface area contributed by atoms with Crippen LogP contribution >= 0.6 is 0 Å². The van der Waals surface area contributed by atoms with Crippen molar-refractivity contribution in [1.29, 1.82) is 0 Å². The van der Waals surface area contributed by atoms with Crippen LogP contribution in [-0.2, 0) is 0 Å². The molecule has 0 aliphatic heterocycles. The molecule has 0 saturated carbocycles. The molecular weight excluding hydrogens is 251 g/mol. The van der Waals surface area contributed by atoms with Crippen LogP contribution in [0.3, 0.4) is 0 Å². The van der Waals surface area contributed by atoms with Gasteiger partial charge in [0.2, 0.25) is 0 Å². The standard InChI is InChI=1S/C17H29FN2/c1-5-7-8-12-20(4)17-10-9-15(18)13-16(17)14(3)19-11-6-2/h9-10,13-14,19H,5-8,11-12H2,1-4H3. The lowest BCUT2D eigenvalue weighted by molar-refractivity contribution is 0.560. The summed E-state index contributed by atoms with van der Waals surface area (Å²) in [5.41, 5.74) is 2.19. The monoisotopic (exact) mass is 280 g/mol. The molecule has 0 radical (unpaired) electrons. The SMILES string of the molecule is CCCCCN(C)c1ccc(F)cc1C(C)NCCC. The van der Waals surface area contributed by atoms with E-state index in [0.717, 1.165) is 30.8 Å². The molecule has 1 aromatic carbocycles. The number of nitrogens with one attached hydrogen (secondary N) is 1. The van der Waals surface area contributed by atoms with Crippen molar-refractivity contribution in [2.24, 2.45) is 0 Å². The van der Waals surface area contributed by atoms with Gasteiger partial charge < -0.3 is 10.2 Å². The van der Waals surface area contributed by atoms with Gasteiger partial charge in [0.05, 0.1) is 0 Å². The summed E-state index contributed by atoms with van der Waals surface area (Å²) < 4.78 is 13.6. The number of nitrogens with zero attached hydrogens (tertiary/aromatic N) is 1.